The van der Waals surface area contributed by atoms with Crippen LogP contribution in [0, 0.1) is 5.92 Å². The van der Waals surface area contributed by atoms with E-state index in [-0.39, 0.29) is 6.54 Å². The molecule has 0 bridgehead atoms. The fourth-order valence-corrected chi connectivity index (χ4v) is 2.30. The van der Waals surface area contributed by atoms with Crippen LogP contribution in [0.25, 0.3) is 0 Å². The molecule has 0 amide bonds. The lowest BCUT2D eigenvalue weighted by atomic mass is 10.2. The molecule has 0 radical (unpaired) electrons. The molecule has 0 aliphatic heterocycles. The number of alkyl halides is 2. The Kier molecular flexibility index (Phi) is 6.67. The molecule has 1 aromatic heterocycles. The molecule has 18 heavy (non-hydrogen) atoms. The first-order valence-corrected chi connectivity index (χ1v) is 6.96. The van der Waals surface area contributed by atoms with Crippen LogP contribution < -0.4 is 5.32 Å². The maximum atomic E-state index is 12.2. The standard InChI is InChI=1S/C12H21F2N3S/c1-9(2)4-15-5-12-16-10(8-18-12)6-17(3)7-11(13)14/h8-9,11,15H,4-7H2,1-3H3. The third-order valence-electron chi connectivity index (χ3n) is 2.31. The van der Waals surface area contributed by atoms with Crippen LogP contribution in [-0.4, -0.2) is 36.4 Å². The Labute approximate surface area is 111 Å². The maximum Gasteiger partial charge on any atom is 0.251 e. The van der Waals surface area contributed by atoms with Crippen molar-refractivity contribution >= 4 is 11.3 Å². The quantitative estimate of drug-likeness (QED) is 0.791. The average Bonchev–Trinajstić information content (AvgIpc) is 2.63. The van der Waals surface area contributed by atoms with Gasteiger partial charge in [0.25, 0.3) is 6.43 Å². The van der Waals surface area contributed by atoms with Crippen LogP contribution in [0.3, 0.4) is 0 Å². The zero-order valence-corrected chi connectivity index (χ0v) is 11.9. The zero-order valence-electron chi connectivity index (χ0n) is 11.1. The molecule has 1 rings (SSSR count). The molecule has 1 N–H and O–H groups in total. The second-order valence-electron chi connectivity index (χ2n) is 4.85. The molecule has 1 heterocycles. The highest BCUT2D eigenvalue weighted by Crippen LogP contribution is 2.12. The van der Waals surface area contributed by atoms with Gasteiger partial charge in [0, 0.05) is 18.5 Å². The van der Waals surface area contributed by atoms with Gasteiger partial charge in [-0.3, -0.25) is 4.90 Å². The van der Waals surface area contributed by atoms with Crippen molar-refractivity contribution in [1.82, 2.24) is 15.2 Å². The lowest BCUT2D eigenvalue weighted by Gasteiger charge is -2.13. The smallest absolute Gasteiger partial charge is 0.251 e. The molecule has 1 aromatic rings. The summed E-state index contributed by atoms with van der Waals surface area (Å²) >= 11 is 1.57. The molecule has 3 nitrogen and oxygen atoms in total. The van der Waals surface area contributed by atoms with E-state index in [1.165, 1.54) is 0 Å². The van der Waals surface area contributed by atoms with E-state index < -0.39 is 6.43 Å². The molecule has 0 unspecified atom stereocenters. The van der Waals surface area contributed by atoms with Gasteiger partial charge in [0.2, 0.25) is 0 Å². The summed E-state index contributed by atoms with van der Waals surface area (Å²) in [6.07, 6.45) is -2.29. The molecular weight excluding hydrogens is 256 g/mol. The molecule has 0 fully saturated rings. The highest BCUT2D eigenvalue weighted by atomic mass is 32.1. The van der Waals surface area contributed by atoms with Crippen molar-refractivity contribution in [2.45, 2.75) is 33.4 Å². The summed E-state index contributed by atoms with van der Waals surface area (Å²) < 4.78 is 24.3. The van der Waals surface area contributed by atoms with E-state index in [4.69, 9.17) is 0 Å². The van der Waals surface area contributed by atoms with E-state index in [0.717, 1.165) is 23.8 Å². The van der Waals surface area contributed by atoms with Crippen molar-refractivity contribution < 1.29 is 8.78 Å². The van der Waals surface area contributed by atoms with E-state index in [1.807, 2.05) is 5.38 Å². The summed E-state index contributed by atoms with van der Waals surface area (Å²) in [5.74, 6) is 0.613. The Morgan fingerprint density at radius 1 is 1.44 bits per heavy atom. The van der Waals surface area contributed by atoms with Crippen LogP contribution in [0.4, 0.5) is 8.78 Å². The molecule has 0 saturated heterocycles. The van der Waals surface area contributed by atoms with Gasteiger partial charge in [0.05, 0.1) is 12.2 Å². The largest absolute Gasteiger partial charge is 0.310 e. The minimum atomic E-state index is -2.29. The average molecular weight is 277 g/mol. The summed E-state index contributed by atoms with van der Waals surface area (Å²) in [5, 5.41) is 6.26. The molecule has 0 aromatic carbocycles. The third kappa shape index (κ3) is 6.37. The van der Waals surface area contributed by atoms with Gasteiger partial charge >= 0.3 is 0 Å². The van der Waals surface area contributed by atoms with Gasteiger partial charge in [-0.15, -0.1) is 11.3 Å². The van der Waals surface area contributed by atoms with Crippen LogP contribution >= 0.6 is 11.3 Å². The second-order valence-corrected chi connectivity index (χ2v) is 5.79. The molecule has 0 atom stereocenters. The van der Waals surface area contributed by atoms with Gasteiger partial charge in [0.1, 0.15) is 5.01 Å². The van der Waals surface area contributed by atoms with E-state index in [2.05, 4.69) is 24.1 Å². The number of hydrogen-bond donors (Lipinski definition) is 1. The van der Waals surface area contributed by atoms with Crippen molar-refractivity contribution in [2.75, 3.05) is 20.1 Å². The van der Waals surface area contributed by atoms with Crippen LogP contribution in [0.2, 0.25) is 0 Å². The van der Waals surface area contributed by atoms with Crippen LogP contribution in [0.5, 0.6) is 0 Å². The van der Waals surface area contributed by atoms with Gasteiger partial charge in [-0.2, -0.15) is 0 Å². The van der Waals surface area contributed by atoms with Crippen molar-refractivity contribution in [2.24, 2.45) is 5.92 Å². The number of nitrogens with zero attached hydrogens (tertiary/aromatic N) is 2. The predicted molar refractivity (Wildman–Crippen MR) is 71.0 cm³/mol. The van der Waals surface area contributed by atoms with Gasteiger partial charge < -0.3 is 5.32 Å². The van der Waals surface area contributed by atoms with Gasteiger partial charge in [-0.25, -0.2) is 13.8 Å². The summed E-state index contributed by atoms with van der Waals surface area (Å²) in [7, 11) is 1.68. The number of hydrogen-bond acceptors (Lipinski definition) is 4. The maximum absolute atomic E-state index is 12.2. The first-order chi connectivity index (χ1) is 8.47. The third-order valence-corrected chi connectivity index (χ3v) is 3.21. The van der Waals surface area contributed by atoms with Gasteiger partial charge in [0.15, 0.2) is 0 Å². The summed E-state index contributed by atoms with van der Waals surface area (Å²) in [6, 6.07) is 0. The first kappa shape index (κ1) is 15.5. The Bertz CT molecular complexity index is 342. The Morgan fingerprint density at radius 2 is 2.17 bits per heavy atom. The second kappa shape index (κ2) is 7.76. The van der Waals surface area contributed by atoms with E-state index in [1.54, 1.807) is 23.3 Å². The van der Waals surface area contributed by atoms with E-state index in [0.29, 0.717) is 12.5 Å². The number of halogens is 2. The number of thiazole rings is 1. The minimum Gasteiger partial charge on any atom is -0.310 e. The Balaban J connectivity index is 2.33. The molecule has 0 aliphatic carbocycles. The monoisotopic (exact) mass is 277 g/mol. The summed E-state index contributed by atoms with van der Waals surface area (Å²) in [4.78, 5) is 6.01. The van der Waals surface area contributed by atoms with Gasteiger partial charge in [-0.05, 0) is 19.5 Å². The van der Waals surface area contributed by atoms with Crippen molar-refractivity contribution in [3.63, 3.8) is 0 Å². The van der Waals surface area contributed by atoms with Crippen LogP contribution in [0.1, 0.15) is 24.5 Å². The molecular formula is C12H21F2N3S. The SMILES string of the molecule is CC(C)CNCc1nc(CN(C)CC(F)F)cs1. The lowest BCUT2D eigenvalue weighted by molar-refractivity contribution is 0.0971. The fourth-order valence-electron chi connectivity index (χ4n) is 1.55. The zero-order chi connectivity index (χ0) is 13.5. The molecule has 0 aliphatic rings. The Morgan fingerprint density at radius 3 is 2.78 bits per heavy atom. The normalized spacial score (nSPS) is 12.0. The molecule has 6 heteroatoms. The predicted octanol–water partition coefficient (Wildman–Crippen LogP) is 2.59. The van der Waals surface area contributed by atoms with E-state index >= 15 is 0 Å². The van der Waals surface area contributed by atoms with E-state index in [9.17, 15) is 8.78 Å². The number of aromatic nitrogens is 1. The molecule has 104 valence electrons. The highest BCUT2D eigenvalue weighted by molar-refractivity contribution is 7.09. The van der Waals surface area contributed by atoms with Crippen LogP contribution in [0.15, 0.2) is 5.38 Å². The molecule has 0 spiro atoms. The van der Waals surface area contributed by atoms with Crippen LogP contribution in [-0.2, 0) is 13.1 Å². The Hall–Kier alpha value is -0.590. The van der Waals surface area contributed by atoms with Gasteiger partial charge in [-0.1, -0.05) is 13.8 Å². The fraction of sp³-hybridized carbons (Fsp3) is 0.750. The summed E-state index contributed by atoms with van der Waals surface area (Å²) in [6.45, 7) is 6.28. The lowest BCUT2D eigenvalue weighted by Crippen LogP contribution is -2.24. The topological polar surface area (TPSA) is 28.2 Å². The van der Waals surface area contributed by atoms with Crippen molar-refractivity contribution in [3.05, 3.63) is 16.1 Å². The minimum absolute atomic E-state index is 0.210. The highest BCUT2D eigenvalue weighted by Gasteiger charge is 2.10. The number of nitrogens with one attached hydrogen (secondary N) is 1. The molecule has 0 saturated carbocycles. The van der Waals surface area contributed by atoms with Crippen molar-refractivity contribution in [1.29, 1.82) is 0 Å². The summed E-state index contributed by atoms with van der Waals surface area (Å²) in [5.41, 5.74) is 0.865. The number of rotatable bonds is 8. The first-order valence-electron chi connectivity index (χ1n) is 6.08. The van der Waals surface area contributed by atoms with Crippen molar-refractivity contribution in [3.8, 4) is 0 Å².